The fraction of sp³-hybridized carbons (Fsp3) is 0.143. The number of fused-ring (bicyclic) bond motifs is 3. The van der Waals surface area contributed by atoms with Crippen LogP contribution in [0.2, 0.25) is 5.02 Å². The van der Waals surface area contributed by atoms with Crippen LogP contribution in [0.25, 0.3) is 33.1 Å². The smallest absolute Gasteiger partial charge is 0.254 e. The number of nitrogens with one attached hydrogen (secondary N) is 1. The van der Waals surface area contributed by atoms with Crippen LogP contribution in [0.15, 0.2) is 72.9 Å². The van der Waals surface area contributed by atoms with E-state index in [2.05, 4.69) is 15.2 Å². The molecule has 1 amide bonds. The Morgan fingerprint density at radius 1 is 1.00 bits per heavy atom. The molecule has 2 aromatic heterocycles. The predicted octanol–water partition coefficient (Wildman–Crippen LogP) is 5.73. The van der Waals surface area contributed by atoms with Crippen LogP contribution in [-0.4, -0.2) is 57.5 Å². The monoisotopic (exact) mass is 512 g/mol. The number of benzene rings is 3. The maximum absolute atomic E-state index is 14.0. The lowest BCUT2D eigenvalue weighted by Gasteiger charge is -2.16. The molecular formula is C28H22ClFN6O. The summed E-state index contributed by atoms with van der Waals surface area (Å²) in [5.41, 5.74) is 3.87. The fourth-order valence-electron chi connectivity index (χ4n) is 4.57. The molecule has 1 fully saturated rings. The molecule has 1 aliphatic rings. The number of aromatic nitrogens is 3. The first kappa shape index (κ1) is 23.3. The summed E-state index contributed by atoms with van der Waals surface area (Å²) in [5, 5.41) is 5.36. The molecule has 9 heteroatoms. The van der Waals surface area contributed by atoms with Crippen molar-refractivity contribution >= 4 is 50.9 Å². The van der Waals surface area contributed by atoms with Crippen LogP contribution in [0.5, 0.6) is 0 Å². The summed E-state index contributed by atoms with van der Waals surface area (Å²) in [4.78, 5) is 30.6. The second-order valence-corrected chi connectivity index (χ2v) is 9.52. The first-order valence-electron chi connectivity index (χ1n) is 11.8. The van der Waals surface area contributed by atoms with E-state index in [-0.39, 0.29) is 11.7 Å². The molecule has 0 bridgehead atoms. The summed E-state index contributed by atoms with van der Waals surface area (Å²) in [6.07, 6.45) is 1.64. The van der Waals surface area contributed by atoms with Gasteiger partial charge >= 0.3 is 0 Å². The molecule has 7 nitrogen and oxygen atoms in total. The number of rotatable bonds is 4. The molecule has 184 valence electrons. The molecule has 6 rings (SSSR count). The summed E-state index contributed by atoms with van der Waals surface area (Å²) in [5.74, 6) is 0.0679. The van der Waals surface area contributed by atoms with Crippen LogP contribution in [0.4, 0.5) is 16.0 Å². The summed E-state index contributed by atoms with van der Waals surface area (Å²) in [6, 6.07) is 19.1. The number of carbonyl (C=O) groups excluding carboxylic acids is 1. The van der Waals surface area contributed by atoms with Crippen LogP contribution in [0, 0.1) is 5.82 Å². The van der Waals surface area contributed by atoms with Crippen molar-refractivity contribution in [2.45, 2.75) is 0 Å². The molecule has 0 radical (unpaired) electrons. The van der Waals surface area contributed by atoms with Crippen molar-refractivity contribution in [3.05, 3.63) is 89.3 Å². The van der Waals surface area contributed by atoms with Gasteiger partial charge in [0.1, 0.15) is 16.9 Å². The van der Waals surface area contributed by atoms with Gasteiger partial charge in [0.05, 0.1) is 18.6 Å². The van der Waals surface area contributed by atoms with Crippen molar-refractivity contribution in [1.82, 2.24) is 24.8 Å². The van der Waals surface area contributed by atoms with E-state index in [0.717, 1.165) is 29.5 Å². The van der Waals surface area contributed by atoms with Gasteiger partial charge in [-0.15, -0.1) is 0 Å². The van der Waals surface area contributed by atoms with E-state index in [4.69, 9.17) is 21.6 Å². The molecule has 1 saturated heterocycles. The van der Waals surface area contributed by atoms with E-state index in [9.17, 15) is 9.18 Å². The third-order valence-corrected chi connectivity index (χ3v) is 6.67. The third kappa shape index (κ3) is 4.57. The SMILES string of the molecule is CN1CCN(C(=O)c2ccc(Nc3ncc4nc(-c5cccc(F)c5)c5cc(Cl)ccc5c4n3)cc2)C1. The summed E-state index contributed by atoms with van der Waals surface area (Å²) in [6.45, 7) is 2.25. The van der Waals surface area contributed by atoms with Crippen LogP contribution in [-0.2, 0) is 0 Å². The minimum absolute atomic E-state index is 0.0168. The van der Waals surface area contributed by atoms with Gasteiger partial charge in [-0.3, -0.25) is 9.69 Å². The Balaban J connectivity index is 1.34. The summed E-state index contributed by atoms with van der Waals surface area (Å²) in [7, 11) is 2.00. The molecule has 1 aliphatic heterocycles. The quantitative estimate of drug-likeness (QED) is 0.310. The van der Waals surface area contributed by atoms with Crippen molar-refractivity contribution in [2.24, 2.45) is 0 Å². The van der Waals surface area contributed by atoms with Crippen molar-refractivity contribution in [3.8, 4) is 11.3 Å². The highest BCUT2D eigenvalue weighted by molar-refractivity contribution is 6.31. The van der Waals surface area contributed by atoms with Crippen molar-refractivity contribution in [3.63, 3.8) is 0 Å². The number of amides is 1. The Hall–Kier alpha value is -4.14. The van der Waals surface area contributed by atoms with E-state index < -0.39 is 0 Å². The van der Waals surface area contributed by atoms with E-state index in [1.54, 1.807) is 30.5 Å². The minimum Gasteiger partial charge on any atom is -0.324 e. The topological polar surface area (TPSA) is 74.2 Å². The fourth-order valence-corrected chi connectivity index (χ4v) is 4.74. The molecule has 5 aromatic rings. The van der Waals surface area contributed by atoms with E-state index >= 15 is 0 Å². The average Bonchev–Trinajstić information content (AvgIpc) is 3.34. The van der Waals surface area contributed by atoms with Crippen LogP contribution in [0.3, 0.4) is 0 Å². The van der Waals surface area contributed by atoms with Gasteiger partial charge in [0, 0.05) is 45.7 Å². The molecule has 0 saturated carbocycles. The number of hydrogen-bond donors (Lipinski definition) is 1. The van der Waals surface area contributed by atoms with Crippen LogP contribution < -0.4 is 5.32 Å². The number of halogens is 2. The van der Waals surface area contributed by atoms with Gasteiger partial charge in [0.2, 0.25) is 5.95 Å². The zero-order valence-electron chi connectivity index (χ0n) is 19.9. The number of hydrogen-bond acceptors (Lipinski definition) is 6. The Kier molecular flexibility index (Phi) is 5.90. The van der Waals surface area contributed by atoms with Gasteiger partial charge in [-0.2, -0.15) is 0 Å². The lowest BCUT2D eigenvalue weighted by atomic mass is 10.0. The second-order valence-electron chi connectivity index (χ2n) is 9.08. The molecule has 3 heterocycles. The number of anilines is 2. The first-order chi connectivity index (χ1) is 17.9. The summed E-state index contributed by atoms with van der Waals surface area (Å²) < 4.78 is 14.0. The number of carbonyl (C=O) groups is 1. The number of nitrogens with zero attached hydrogens (tertiary/aromatic N) is 5. The van der Waals surface area contributed by atoms with Gasteiger partial charge in [0.15, 0.2) is 0 Å². The van der Waals surface area contributed by atoms with Gasteiger partial charge in [0.25, 0.3) is 5.91 Å². The Bertz CT molecular complexity index is 1660. The molecular weight excluding hydrogens is 491 g/mol. The van der Waals surface area contributed by atoms with Crippen LogP contribution >= 0.6 is 11.6 Å². The second kappa shape index (κ2) is 9.38. The molecule has 37 heavy (non-hydrogen) atoms. The standard InChI is InChI=1S/C28H22ClFN6O/c1-35-11-12-36(16-35)27(37)17-5-8-21(9-6-17)32-28-31-15-24-26(34-28)22-10-7-19(29)14-23(22)25(33-24)18-3-2-4-20(30)13-18/h2-10,13-15H,11-12,16H2,1H3,(H,31,32,34). The van der Waals surface area contributed by atoms with Crippen LogP contribution in [0.1, 0.15) is 10.4 Å². The Morgan fingerprint density at radius 3 is 2.59 bits per heavy atom. The first-order valence-corrected chi connectivity index (χ1v) is 12.2. The average molecular weight is 513 g/mol. The van der Waals surface area contributed by atoms with Gasteiger partial charge in [-0.05, 0) is 55.6 Å². The highest BCUT2D eigenvalue weighted by Crippen LogP contribution is 2.34. The van der Waals surface area contributed by atoms with Crippen molar-refractivity contribution < 1.29 is 9.18 Å². The highest BCUT2D eigenvalue weighted by Gasteiger charge is 2.22. The maximum atomic E-state index is 14.0. The third-order valence-electron chi connectivity index (χ3n) is 6.43. The molecule has 0 unspecified atom stereocenters. The van der Waals surface area contributed by atoms with Gasteiger partial charge < -0.3 is 10.2 Å². The molecule has 1 N–H and O–H groups in total. The summed E-state index contributed by atoms with van der Waals surface area (Å²) >= 11 is 6.31. The normalized spacial score (nSPS) is 14.0. The highest BCUT2D eigenvalue weighted by atomic mass is 35.5. The Labute approximate surface area is 217 Å². The largest absolute Gasteiger partial charge is 0.324 e. The van der Waals surface area contributed by atoms with Crippen molar-refractivity contribution in [1.29, 1.82) is 0 Å². The lowest BCUT2D eigenvalue weighted by Crippen LogP contribution is -2.30. The predicted molar refractivity (Wildman–Crippen MR) is 144 cm³/mol. The molecule has 0 spiro atoms. The van der Waals surface area contributed by atoms with E-state index in [0.29, 0.717) is 45.5 Å². The zero-order chi connectivity index (χ0) is 25.5. The molecule has 0 aliphatic carbocycles. The van der Waals surface area contributed by atoms with Gasteiger partial charge in [-0.25, -0.2) is 19.3 Å². The molecule has 0 atom stereocenters. The molecule has 3 aromatic carbocycles. The zero-order valence-corrected chi connectivity index (χ0v) is 20.7. The minimum atomic E-state index is -0.342. The Morgan fingerprint density at radius 2 is 1.84 bits per heavy atom. The number of likely N-dealkylation sites (N-methyl/N-ethyl adjacent to an activating group) is 1. The maximum Gasteiger partial charge on any atom is 0.254 e. The number of pyridine rings is 1. The van der Waals surface area contributed by atoms with E-state index in [1.807, 2.05) is 42.3 Å². The lowest BCUT2D eigenvalue weighted by molar-refractivity contribution is 0.0772. The van der Waals surface area contributed by atoms with Gasteiger partial charge in [-0.1, -0.05) is 29.8 Å². The van der Waals surface area contributed by atoms with Crippen molar-refractivity contribution in [2.75, 3.05) is 32.1 Å². The van der Waals surface area contributed by atoms with E-state index in [1.165, 1.54) is 12.1 Å².